The number of aliphatic hydroxyl groups is 1. The Morgan fingerprint density at radius 2 is 2.16 bits per heavy atom. The molecule has 1 heterocycles. The van der Waals surface area contributed by atoms with Crippen molar-refractivity contribution in [3.05, 3.63) is 35.4 Å². The monoisotopic (exact) mass is 346 g/mol. The van der Waals surface area contributed by atoms with Gasteiger partial charge in [0.05, 0.1) is 18.8 Å². The van der Waals surface area contributed by atoms with Crippen molar-refractivity contribution in [2.24, 2.45) is 5.41 Å². The third-order valence-electron chi connectivity index (χ3n) is 5.84. The number of amides is 1. The molecule has 2 unspecified atom stereocenters. The summed E-state index contributed by atoms with van der Waals surface area (Å²) in [5.41, 5.74) is 2.25. The highest BCUT2D eigenvalue weighted by atomic mass is 16.5. The molecule has 1 saturated heterocycles. The first-order valence-electron chi connectivity index (χ1n) is 9.38. The molecule has 1 spiro atoms. The normalized spacial score (nSPS) is 25.6. The van der Waals surface area contributed by atoms with Crippen molar-refractivity contribution in [3.8, 4) is 0 Å². The number of hydrogen-bond acceptors (Lipinski definition) is 4. The molecule has 2 atom stereocenters. The highest BCUT2D eigenvalue weighted by Crippen LogP contribution is 2.50. The first-order valence-corrected chi connectivity index (χ1v) is 9.38. The van der Waals surface area contributed by atoms with Crippen LogP contribution in [-0.4, -0.2) is 54.4 Å². The lowest BCUT2D eigenvalue weighted by Gasteiger charge is -2.56. The van der Waals surface area contributed by atoms with Crippen LogP contribution in [0.2, 0.25) is 0 Å². The van der Waals surface area contributed by atoms with Gasteiger partial charge in [-0.2, -0.15) is 0 Å². The van der Waals surface area contributed by atoms with Crippen LogP contribution in [0.5, 0.6) is 0 Å². The minimum absolute atomic E-state index is 0.0629. The number of carbonyl (C=O) groups is 1. The van der Waals surface area contributed by atoms with E-state index in [1.807, 2.05) is 19.1 Å². The minimum Gasteiger partial charge on any atom is -0.392 e. The van der Waals surface area contributed by atoms with Gasteiger partial charge in [0.15, 0.2) is 0 Å². The second-order valence-electron chi connectivity index (χ2n) is 7.47. The average molecular weight is 346 g/mol. The van der Waals surface area contributed by atoms with Gasteiger partial charge in [-0.05, 0) is 45.3 Å². The van der Waals surface area contributed by atoms with Crippen LogP contribution in [0.15, 0.2) is 24.3 Å². The lowest BCUT2D eigenvalue weighted by Crippen LogP contribution is -2.62. The fourth-order valence-corrected chi connectivity index (χ4v) is 4.23. The van der Waals surface area contributed by atoms with E-state index in [-0.39, 0.29) is 23.5 Å². The number of piperidine rings is 1. The highest BCUT2D eigenvalue weighted by Gasteiger charge is 2.55. The van der Waals surface area contributed by atoms with E-state index in [1.54, 1.807) is 0 Å². The van der Waals surface area contributed by atoms with Crippen LogP contribution in [0.3, 0.4) is 0 Å². The van der Waals surface area contributed by atoms with Crippen LogP contribution in [0.4, 0.5) is 0 Å². The lowest BCUT2D eigenvalue weighted by molar-refractivity contribution is -0.209. The van der Waals surface area contributed by atoms with Crippen molar-refractivity contribution in [3.63, 3.8) is 0 Å². The van der Waals surface area contributed by atoms with Crippen molar-refractivity contribution in [1.82, 2.24) is 10.2 Å². The van der Waals surface area contributed by atoms with E-state index in [9.17, 15) is 9.90 Å². The lowest BCUT2D eigenvalue weighted by atomic mass is 9.58. The van der Waals surface area contributed by atoms with Gasteiger partial charge in [-0.1, -0.05) is 29.8 Å². The van der Waals surface area contributed by atoms with Gasteiger partial charge in [0.2, 0.25) is 5.91 Å². The summed E-state index contributed by atoms with van der Waals surface area (Å²) in [7, 11) is 0. The number of hydrogen-bond donors (Lipinski definition) is 2. The summed E-state index contributed by atoms with van der Waals surface area (Å²) in [6, 6.07) is 8.19. The van der Waals surface area contributed by atoms with Gasteiger partial charge in [0, 0.05) is 25.0 Å². The predicted octanol–water partition coefficient (Wildman–Crippen LogP) is 1.86. The zero-order valence-electron chi connectivity index (χ0n) is 15.3. The number of nitrogens with one attached hydrogen (secondary N) is 1. The molecule has 1 amide bonds. The van der Waals surface area contributed by atoms with E-state index >= 15 is 0 Å². The van der Waals surface area contributed by atoms with Gasteiger partial charge >= 0.3 is 0 Å². The molecule has 1 aromatic rings. The SMILES string of the molecule is CCOC1CC(O)C12CCN(CC(=O)NCc1cccc(C)c1)CC2. The van der Waals surface area contributed by atoms with Gasteiger partial charge in [-0.3, -0.25) is 9.69 Å². The van der Waals surface area contributed by atoms with Gasteiger partial charge in [-0.15, -0.1) is 0 Å². The van der Waals surface area contributed by atoms with Crippen LogP contribution < -0.4 is 5.32 Å². The maximum Gasteiger partial charge on any atom is 0.234 e. The Hall–Kier alpha value is -1.43. The van der Waals surface area contributed by atoms with Gasteiger partial charge < -0.3 is 15.2 Å². The van der Waals surface area contributed by atoms with E-state index in [1.165, 1.54) is 5.56 Å². The van der Waals surface area contributed by atoms with E-state index in [2.05, 4.69) is 29.3 Å². The Morgan fingerprint density at radius 1 is 1.40 bits per heavy atom. The summed E-state index contributed by atoms with van der Waals surface area (Å²) in [5.74, 6) is 0.0629. The minimum atomic E-state index is -0.249. The predicted molar refractivity (Wildman–Crippen MR) is 97.2 cm³/mol. The number of aryl methyl sites for hydroxylation is 1. The fraction of sp³-hybridized carbons (Fsp3) is 0.650. The van der Waals surface area contributed by atoms with Gasteiger partial charge in [-0.25, -0.2) is 0 Å². The molecule has 2 aliphatic rings. The van der Waals surface area contributed by atoms with Crippen molar-refractivity contribution in [2.75, 3.05) is 26.2 Å². The Bertz CT molecular complexity index is 594. The quantitative estimate of drug-likeness (QED) is 0.825. The maximum absolute atomic E-state index is 12.2. The first-order chi connectivity index (χ1) is 12.0. The molecule has 0 aromatic heterocycles. The fourth-order valence-electron chi connectivity index (χ4n) is 4.23. The van der Waals surface area contributed by atoms with Crippen molar-refractivity contribution >= 4 is 5.91 Å². The zero-order chi connectivity index (χ0) is 17.9. The number of likely N-dealkylation sites (tertiary alicyclic amines) is 1. The molecular formula is C20H30N2O3. The van der Waals surface area contributed by atoms with E-state index < -0.39 is 0 Å². The summed E-state index contributed by atoms with van der Waals surface area (Å²) in [4.78, 5) is 14.4. The molecule has 5 nitrogen and oxygen atoms in total. The van der Waals surface area contributed by atoms with E-state index in [4.69, 9.17) is 4.74 Å². The largest absolute Gasteiger partial charge is 0.392 e. The molecular weight excluding hydrogens is 316 g/mol. The zero-order valence-corrected chi connectivity index (χ0v) is 15.3. The van der Waals surface area contributed by atoms with Crippen molar-refractivity contribution < 1.29 is 14.6 Å². The van der Waals surface area contributed by atoms with Crippen LogP contribution >= 0.6 is 0 Å². The van der Waals surface area contributed by atoms with Crippen LogP contribution in [-0.2, 0) is 16.1 Å². The second-order valence-corrected chi connectivity index (χ2v) is 7.47. The Labute approximate surface area is 150 Å². The van der Waals surface area contributed by atoms with Gasteiger partial charge in [0.25, 0.3) is 0 Å². The molecule has 3 rings (SSSR count). The van der Waals surface area contributed by atoms with Crippen molar-refractivity contribution in [1.29, 1.82) is 0 Å². The highest BCUT2D eigenvalue weighted by molar-refractivity contribution is 5.78. The summed E-state index contributed by atoms with van der Waals surface area (Å²) in [6.45, 7) is 7.45. The molecule has 25 heavy (non-hydrogen) atoms. The molecule has 2 N–H and O–H groups in total. The Balaban J connectivity index is 1.43. The standard InChI is InChI=1S/C20H30N2O3/c1-3-25-18-12-17(23)20(18)7-9-22(10-8-20)14-19(24)21-13-16-6-4-5-15(2)11-16/h4-6,11,17-18,23H,3,7-10,12-14H2,1-2H3,(H,21,24). The summed E-state index contributed by atoms with van der Waals surface area (Å²) < 4.78 is 5.80. The number of benzene rings is 1. The Morgan fingerprint density at radius 3 is 2.80 bits per heavy atom. The van der Waals surface area contributed by atoms with E-state index in [0.29, 0.717) is 19.7 Å². The number of aliphatic hydroxyl groups excluding tert-OH is 1. The number of rotatable bonds is 6. The Kier molecular flexibility index (Phi) is 5.77. The third kappa shape index (κ3) is 4.05. The van der Waals surface area contributed by atoms with Gasteiger partial charge in [0.1, 0.15) is 0 Å². The van der Waals surface area contributed by atoms with Crippen LogP contribution in [0, 0.1) is 12.3 Å². The van der Waals surface area contributed by atoms with Crippen molar-refractivity contribution in [2.45, 2.75) is 51.9 Å². The molecule has 138 valence electrons. The van der Waals surface area contributed by atoms with E-state index in [0.717, 1.165) is 37.9 Å². The molecule has 0 bridgehead atoms. The molecule has 1 aromatic carbocycles. The second kappa shape index (κ2) is 7.85. The first kappa shape index (κ1) is 18.4. The molecule has 5 heteroatoms. The molecule has 1 saturated carbocycles. The maximum atomic E-state index is 12.2. The van der Waals surface area contributed by atoms with Crippen LogP contribution in [0.1, 0.15) is 37.3 Å². The smallest absolute Gasteiger partial charge is 0.234 e. The summed E-state index contributed by atoms with van der Waals surface area (Å²) >= 11 is 0. The topological polar surface area (TPSA) is 61.8 Å². The summed E-state index contributed by atoms with van der Waals surface area (Å²) in [5, 5.41) is 13.2. The third-order valence-corrected chi connectivity index (χ3v) is 5.84. The molecule has 1 aliphatic heterocycles. The molecule has 2 fully saturated rings. The number of carbonyl (C=O) groups excluding carboxylic acids is 1. The molecule has 0 radical (unpaired) electrons. The summed E-state index contributed by atoms with van der Waals surface area (Å²) in [6.07, 6.45) is 2.50. The average Bonchev–Trinajstić information content (AvgIpc) is 2.61. The molecule has 1 aliphatic carbocycles. The number of nitrogens with zero attached hydrogens (tertiary/aromatic N) is 1. The number of ether oxygens (including phenoxy) is 1. The van der Waals surface area contributed by atoms with Crippen LogP contribution in [0.25, 0.3) is 0 Å².